The molecule has 3 aromatic rings. The standard InChI is InChI=1S/C15H15N5O2S/c1-10-18-19-15(23-10)16-12(21)8-5-9-13-17-14(20-22-13)11-6-3-2-4-7-11/h2-4,6-7H,5,8-9H2,1H3,(H,16,19,21). The van der Waals surface area contributed by atoms with E-state index in [1.807, 2.05) is 37.3 Å². The Labute approximate surface area is 136 Å². The fourth-order valence-corrected chi connectivity index (χ4v) is 2.60. The summed E-state index contributed by atoms with van der Waals surface area (Å²) in [6.45, 7) is 1.84. The molecule has 0 unspecified atom stereocenters. The number of nitrogens with one attached hydrogen (secondary N) is 1. The summed E-state index contributed by atoms with van der Waals surface area (Å²) in [5.41, 5.74) is 0.909. The van der Waals surface area contributed by atoms with Crippen molar-refractivity contribution in [2.24, 2.45) is 0 Å². The topological polar surface area (TPSA) is 93.8 Å². The van der Waals surface area contributed by atoms with Gasteiger partial charge in [-0.2, -0.15) is 4.98 Å². The normalized spacial score (nSPS) is 10.7. The number of anilines is 1. The van der Waals surface area contributed by atoms with Crippen molar-refractivity contribution in [3.8, 4) is 11.4 Å². The molecule has 1 aromatic carbocycles. The molecule has 1 amide bonds. The second-order valence-electron chi connectivity index (χ2n) is 4.91. The van der Waals surface area contributed by atoms with Gasteiger partial charge in [0.2, 0.25) is 22.8 Å². The lowest BCUT2D eigenvalue weighted by atomic mass is 10.2. The van der Waals surface area contributed by atoms with Crippen LogP contribution in [0.25, 0.3) is 11.4 Å². The van der Waals surface area contributed by atoms with Crippen LogP contribution in [0.4, 0.5) is 5.13 Å². The summed E-state index contributed by atoms with van der Waals surface area (Å²) in [4.78, 5) is 16.1. The number of carbonyl (C=O) groups is 1. The van der Waals surface area contributed by atoms with Gasteiger partial charge in [-0.3, -0.25) is 4.79 Å². The summed E-state index contributed by atoms with van der Waals surface area (Å²) >= 11 is 1.35. The van der Waals surface area contributed by atoms with Crippen molar-refractivity contribution in [2.45, 2.75) is 26.2 Å². The highest BCUT2D eigenvalue weighted by Gasteiger charge is 2.10. The maximum Gasteiger partial charge on any atom is 0.226 e. The van der Waals surface area contributed by atoms with Crippen LogP contribution >= 0.6 is 11.3 Å². The number of rotatable bonds is 6. The van der Waals surface area contributed by atoms with Gasteiger partial charge in [0.1, 0.15) is 5.01 Å². The predicted molar refractivity (Wildman–Crippen MR) is 85.9 cm³/mol. The summed E-state index contributed by atoms with van der Waals surface area (Å²) < 4.78 is 5.21. The fourth-order valence-electron chi connectivity index (χ4n) is 1.99. The van der Waals surface area contributed by atoms with E-state index in [0.717, 1.165) is 10.6 Å². The van der Waals surface area contributed by atoms with Crippen LogP contribution in [0.5, 0.6) is 0 Å². The lowest BCUT2D eigenvalue weighted by Gasteiger charge is -1.99. The van der Waals surface area contributed by atoms with Crippen molar-refractivity contribution in [1.29, 1.82) is 0 Å². The van der Waals surface area contributed by atoms with E-state index in [1.54, 1.807) is 0 Å². The van der Waals surface area contributed by atoms with Gasteiger partial charge in [-0.05, 0) is 13.3 Å². The monoisotopic (exact) mass is 329 g/mol. The van der Waals surface area contributed by atoms with Gasteiger partial charge in [-0.25, -0.2) is 0 Å². The number of nitrogens with zero attached hydrogens (tertiary/aromatic N) is 4. The van der Waals surface area contributed by atoms with E-state index < -0.39 is 0 Å². The summed E-state index contributed by atoms with van der Waals surface area (Å²) in [6, 6.07) is 9.62. The van der Waals surface area contributed by atoms with Gasteiger partial charge >= 0.3 is 0 Å². The van der Waals surface area contributed by atoms with Gasteiger partial charge < -0.3 is 9.84 Å². The molecule has 0 aliphatic carbocycles. The molecular formula is C15H15N5O2S. The molecule has 0 radical (unpaired) electrons. The van der Waals surface area contributed by atoms with Crippen LogP contribution in [0.1, 0.15) is 23.7 Å². The molecule has 23 heavy (non-hydrogen) atoms. The van der Waals surface area contributed by atoms with Gasteiger partial charge in [-0.1, -0.05) is 46.8 Å². The smallest absolute Gasteiger partial charge is 0.226 e. The highest BCUT2D eigenvalue weighted by atomic mass is 32.1. The van der Waals surface area contributed by atoms with Gasteiger partial charge in [0.15, 0.2) is 0 Å². The highest BCUT2D eigenvalue weighted by Crippen LogP contribution is 2.16. The number of carbonyl (C=O) groups excluding carboxylic acids is 1. The number of amides is 1. The van der Waals surface area contributed by atoms with Crippen LogP contribution in [0.3, 0.4) is 0 Å². The van der Waals surface area contributed by atoms with E-state index in [1.165, 1.54) is 11.3 Å². The third kappa shape index (κ3) is 4.19. The third-order valence-corrected chi connectivity index (χ3v) is 3.82. The molecular weight excluding hydrogens is 314 g/mol. The van der Waals surface area contributed by atoms with Crippen LogP contribution in [0.2, 0.25) is 0 Å². The zero-order chi connectivity index (χ0) is 16.1. The molecule has 3 rings (SSSR count). The van der Waals surface area contributed by atoms with E-state index in [-0.39, 0.29) is 5.91 Å². The second kappa shape index (κ2) is 7.10. The lowest BCUT2D eigenvalue weighted by Crippen LogP contribution is -2.11. The quantitative estimate of drug-likeness (QED) is 0.747. The maximum absolute atomic E-state index is 11.8. The molecule has 0 atom stereocenters. The molecule has 7 nitrogen and oxygen atoms in total. The van der Waals surface area contributed by atoms with E-state index >= 15 is 0 Å². The number of aryl methyl sites for hydroxylation is 2. The van der Waals surface area contributed by atoms with Gasteiger partial charge in [0.25, 0.3) is 0 Å². The number of benzene rings is 1. The first-order valence-electron chi connectivity index (χ1n) is 7.18. The fraction of sp³-hybridized carbons (Fsp3) is 0.267. The summed E-state index contributed by atoms with van der Waals surface area (Å²) in [7, 11) is 0. The Morgan fingerprint density at radius 3 is 2.83 bits per heavy atom. The number of hydrogen-bond donors (Lipinski definition) is 1. The molecule has 0 spiro atoms. The van der Waals surface area contributed by atoms with Crippen molar-refractivity contribution in [1.82, 2.24) is 20.3 Å². The largest absolute Gasteiger partial charge is 0.339 e. The SMILES string of the molecule is Cc1nnc(NC(=O)CCCc2nc(-c3ccccc3)no2)s1. The summed E-state index contributed by atoms with van der Waals surface area (Å²) in [5.74, 6) is 1.00. The van der Waals surface area contributed by atoms with Crippen molar-refractivity contribution in [2.75, 3.05) is 5.32 Å². The van der Waals surface area contributed by atoms with E-state index in [4.69, 9.17) is 4.52 Å². The van der Waals surface area contributed by atoms with Crippen LogP contribution in [-0.4, -0.2) is 26.2 Å². The minimum Gasteiger partial charge on any atom is -0.339 e. The van der Waals surface area contributed by atoms with Crippen LogP contribution in [0.15, 0.2) is 34.9 Å². The summed E-state index contributed by atoms with van der Waals surface area (Å²) in [6.07, 6.45) is 1.55. The third-order valence-electron chi connectivity index (χ3n) is 3.07. The zero-order valence-electron chi connectivity index (χ0n) is 12.5. The Balaban J connectivity index is 1.47. The van der Waals surface area contributed by atoms with Crippen LogP contribution < -0.4 is 5.32 Å². The Bertz CT molecular complexity index is 784. The number of aromatic nitrogens is 4. The maximum atomic E-state index is 11.8. The van der Waals surface area contributed by atoms with E-state index in [0.29, 0.717) is 36.1 Å². The van der Waals surface area contributed by atoms with Crippen molar-refractivity contribution in [3.63, 3.8) is 0 Å². The first-order chi connectivity index (χ1) is 11.2. The first kappa shape index (κ1) is 15.3. The molecule has 0 fully saturated rings. The minimum atomic E-state index is -0.0936. The molecule has 8 heteroatoms. The number of hydrogen-bond acceptors (Lipinski definition) is 7. The molecule has 2 aromatic heterocycles. The van der Waals surface area contributed by atoms with Crippen molar-refractivity contribution < 1.29 is 9.32 Å². The molecule has 0 bridgehead atoms. The van der Waals surface area contributed by atoms with Gasteiger partial charge in [0, 0.05) is 18.4 Å². The van der Waals surface area contributed by atoms with Crippen molar-refractivity contribution >= 4 is 22.4 Å². The predicted octanol–water partition coefficient (Wildman–Crippen LogP) is 2.86. The van der Waals surface area contributed by atoms with Crippen LogP contribution in [-0.2, 0) is 11.2 Å². The Morgan fingerprint density at radius 2 is 2.09 bits per heavy atom. The van der Waals surface area contributed by atoms with E-state index in [9.17, 15) is 4.79 Å². The lowest BCUT2D eigenvalue weighted by molar-refractivity contribution is -0.116. The van der Waals surface area contributed by atoms with Gasteiger partial charge in [0.05, 0.1) is 0 Å². The Morgan fingerprint density at radius 1 is 1.26 bits per heavy atom. The Kier molecular flexibility index (Phi) is 4.72. The van der Waals surface area contributed by atoms with Gasteiger partial charge in [-0.15, -0.1) is 10.2 Å². The zero-order valence-corrected chi connectivity index (χ0v) is 13.3. The highest BCUT2D eigenvalue weighted by molar-refractivity contribution is 7.15. The Hall–Kier alpha value is -2.61. The van der Waals surface area contributed by atoms with Crippen molar-refractivity contribution in [3.05, 3.63) is 41.2 Å². The molecule has 0 aliphatic rings. The first-order valence-corrected chi connectivity index (χ1v) is 8.00. The molecule has 1 N–H and O–H groups in total. The molecule has 0 saturated carbocycles. The van der Waals surface area contributed by atoms with E-state index in [2.05, 4.69) is 25.7 Å². The molecule has 118 valence electrons. The molecule has 2 heterocycles. The molecule has 0 saturated heterocycles. The summed E-state index contributed by atoms with van der Waals surface area (Å²) in [5, 5.41) is 15.7. The average molecular weight is 329 g/mol. The second-order valence-corrected chi connectivity index (χ2v) is 6.09. The minimum absolute atomic E-state index is 0.0936. The molecule has 0 aliphatic heterocycles. The average Bonchev–Trinajstić information content (AvgIpc) is 3.17. The van der Waals surface area contributed by atoms with Crippen LogP contribution in [0, 0.1) is 6.92 Å².